The van der Waals surface area contributed by atoms with Gasteiger partial charge >= 0.3 is 12.1 Å². The highest BCUT2D eigenvalue weighted by molar-refractivity contribution is 5.80. The molecule has 0 bridgehead atoms. The lowest BCUT2D eigenvalue weighted by molar-refractivity contribution is -0.139. The zero-order valence-electron chi connectivity index (χ0n) is 11.7. The Bertz CT molecular complexity index is 479. The highest BCUT2D eigenvalue weighted by Crippen LogP contribution is 2.08. The number of carboxylic acid groups (broad SMARTS) is 1. The van der Waals surface area contributed by atoms with Crippen LogP contribution in [0.2, 0.25) is 0 Å². The number of nitrogens with two attached hydrogens (primary N) is 1. The van der Waals surface area contributed by atoms with Crippen LogP contribution >= 0.6 is 0 Å². The number of aliphatic carboxylic acids is 1. The molecule has 20 heavy (non-hydrogen) atoms. The minimum atomic E-state index is -1.16. The van der Waals surface area contributed by atoms with Crippen molar-refractivity contribution in [2.24, 2.45) is 0 Å². The first-order chi connectivity index (χ1) is 9.17. The van der Waals surface area contributed by atoms with Crippen molar-refractivity contribution in [1.29, 1.82) is 0 Å². The molecule has 0 aliphatic heterocycles. The van der Waals surface area contributed by atoms with Crippen LogP contribution in [0.15, 0.2) is 18.3 Å². The van der Waals surface area contributed by atoms with Crippen molar-refractivity contribution in [3.8, 4) is 0 Å². The molecule has 0 fully saturated rings. The molecule has 0 saturated heterocycles. The minimum Gasteiger partial charge on any atom is -0.480 e. The second kappa shape index (κ2) is 6.23. The van der Waals surface area contributed by atoms with Gasteiger partial charge in [-0.3, -0.25) is 4.98 Å². The molecule has 7 heteroatoms. The SMILES string of the molecule is CC(C)(C)OC(=O)N[C@@H](Cc1ccc(N)cn1)C(=O)O. The van der Waals surface area contributed by atoms with Crippen LogP contribution in [-0.4, -0.2) is 33.8 Å². The number of rotatable bonds is 4. The van der Waals surface area contributed by atoms with Gasteiger partial charge < -0.3 is 20.9 Å². The van der Waals surface area contributed by atoms with E-state index < -0.39 is 23.7 Å². The minimum absolute atomic E-state index is 0.0505. The maximum atomic E-state index is 11.6. The van der Waals surface area contributed by atoms with Gasteiger partial charge in [-0.05, 0) is 32.9 Å². The summed E-state index contributed by atoms with van der Waals surface area (Å²) in [6, 6.07) is 2.12. The summed E-state index contributed by atoms with van der Waals surface area (Å²) in [7, 11) is 0. The molecule has 4 N–H and O–H groups in total. The van der Waals surface area contributed by atoms with Crippen molar-refractivity contribution < 1.29 is 19.4 Å². The molecule has 0 radical (unpaired) electrons. The average Bonchev–Trinajstić information content (AvgIpc) is 2.28. The summed E-state index contributed by atoms with van der Waals surface area (Å²) < 4.78 is 5.02. The zero-order valence-corrected chi connectivity index (χ0v) is 11.7. The second-order valence-electron chi connectivity index (χ2n) is 5.32. The lowest BCUT2D eigenvalue weighted by Crippen LogP contribution is -2.44. The van der Waals surface area contributed by atoms with Gasteiger partial charge in [0.2, 0.25) is 0 Å². The number of carbonyl (C=O) groups excluding carboxylic acids is 1. The Morgan fingerprint density at radius 2 is 2.10 bits per heavy atom. The molecular formula is C13H19N3O4. The van der Waals surface area contributed by atoms with Crippen LogP contribution in [-0.2, 0) is 16.0 Å². The fraction of sp³-hybridized carbons (Fsp3) is 0.462. The molecular weight excluding hydrogens is 262 g/mol. The summed E-state index contributed by atoms with van der Waals surface area (Å²) >= 11 is 0. The molecule has 1 heterocycles. The number of pyridine rings is 1. The van der Waals surface area contributed by atoms with Crippen LogP contribution in [0.4, 0.5) is 10.5 Å². The van der Waals surface area contributed by atoms with Crippen molar-refractivity contribution >= 4 is 17.7 Å². The number of alkyl carbamates (subject to hydrolysis) is 1. The molecule has 7 nitrogen and oxygen atoms in total. The van der Waals surface area contributed by atoms with E-state index in [-0.39, 0.29) is 6.42 Å². The van der Waals surface area contributed by atoms with Crippen LogP contribution in [0.3, 0.4) is 0 Å². The first kappa shape index (κ1) is 15.7. The van der Waals surface area contributed by atoms with Crippen molar-refractivity contribution in [1.82, 2.24) is 10.3 Å². The lowest BCUT2D eigenvalue weighted by atomic mass is 10.1. The van der Waals surface area contributed by atoms with E-state index in [1.807, 2.05) is 0 Å². The number of aromatic nitrogens is 1. The predicted molar refractivity (Wildman–Crippen MR) is 73.1 cm³/mol. The molecule has 0 spiro atoms. The monoisotopic (exact) mass is 281 g/mol. The number of anilines is 1. The Labute approximate surface area is 117 Å². The molecule has 1 aromatic heterocycles. The summed E-state index contributed by atoms with van der Waals surface area (Å²) in [6.45, 7) is 5.09. The van der Waals surface area contributed by atoms with E-state index >= 15 is 0 Å². The maximum Gasteiger partial charge on any atom is 0.408 e. The molecule has 1 amide bonds. The predicted octanol–water partition coefficient (Wildman–Crippen LogP) is 1.18. The highest BCUT2D eigenvalue weighted by atomic mass is 16.6. The Balaban J connectivity index is 2.68. The fourth-order valence-corrected chi connectivity index (χ4v) is 1.42. The second-order valence-corrected chi connectivity index (χ2v) is 5.32. The van der Waals surface area contributed by atoms with Gasteiger partial charge in [0.05, 0.1) is 11.9 Å². The van der Waals surface area contributed by atoms with E-state index in [0.717, 1.165) is 0 Å². The van der Waals surface area contributed by atoms with Gasteiger partial charge in [0.25, 0.3) is 0 Å². The van der Waals surface area contributed by atoms with Crippen LogP contribution in [0.25, 0.3) is 0 Å². The third kappa shape index (κ3) is 5.55. The largest absolute Gasteiger partial charge is 0.480 e. The quantitative estimate of drug-likeness (QED) is 0.763. The number of amides is 1. The van der Waals surface area contributed by atoms with Gasteiger partial charge in [-0.2, -0.15) is 0 Å². The topological polar surface area (TPSA) is 115 Å². The van der Waals surface area contributed by atoms with E-state index in [2.05, 4.69) is 10.3 Å². The van der Waals surface area contributed by atoms with E-state index in [1.54, 1.807) is 32.9 Å². The van der Waals surface area contributed by atoms with Gasteiger partial charge in [0, 0.05) is 12.1 Å². The van der Waals surface area contributed by atoms with Gasteiger partial charge in [0.15, 0.2) is 0 Å². The summed E-state index contributed by atoms with van der Waals surface area (Å²) in [4.78, 5) is 26.7. The number of nitrogens with zero attached hydrogens (tertiary/aromatic N) is 1. The molecule has 0 unspecified atom stereocenters. The molecule has 0 aromatic carbocycles. The van der Waals surface area contributed by atoms with E-state index in [4.69, 9.17) is 15.6 Å². The summed E-state index contributed by atoms with van der Waals surface area (Å²) in [5, 5.41) is 11.4. The zero-order chi connectivity index (χ0) is 15.3. The molecule has 1 atom stereocenters. The summed E-state index contributed by atoms with van der Waals surface area (Å²) in [6.07, 6.45) is 0.705. The number of hydrogen-bond donors (Lipinski definition) is 3. The standard InChI is InChI=1S/C13H19N3O4/c1-13(2,3)20-12(19)16-10(11(17)18)6-9-5-4-8(14)7-15-9/h4-5,7,10H,6,14H2,1-3H3,(H,16,19)(H,17,18)/t10-/m0/s1. The number of nitrogens with one attached hydrogen (secondary N) is 1. The molecule has 1 rings (SSSR count). The number of ether oxygens (including phenoxy) is 1. The average molecular weight is 281 g/mol. The number of hydrogen-bond acceptors (Lipinski definition) is 5. The maximum absolute atomic E-state index is 11.6. The smallest absolute Gasteiger partial charge is 0.408 e. The molecule has 0 aliphatic rings. The number of carbonyl (C=O) groups is 2. The number of carboxylic acids is 1. The fourth-order valence-electron chi connectivity index (χ4n) is 1.42. The van der Waals surface area contributed by atoms with Crippen LogP contribution in [0.5, 0.6) is 0 Å². The van der Waals surface area contributed by atoms with Crippen molar-refractivity contribution in [3.63, 3.8) is 0 Å². The molecule has 110 valence electrons. The van der Waals surface area contributed by atoms with E-state index in [9.17, 15) is 9.59 Å². The molecule has 0 aliphatic carbocycles. The van der Waals surface area contributed by atoms with Gasteiger partial charge in [0.1, 0.15) is 11.6 Å². The summed E-state index contributed by atoms with van der Waals surface area (Å²) in [5.74, 6) is -1.16. The van der Waals surface area contributed by atoms with Crippen LogP contribution in [0, 0.1) is 0 Å². The molecule has 0 saturated carbocycles. The van der Waals surface area contributed by atoms with Crippen molar-refractivity contribution in [2.75, 3.05) is 5.73 Å². The lowest BCUT2D eigenvalue weighted by Gasteiger charge is -2.21. The Morgan fingerprint density at radius 1 is 1.45 bits per heavy atom. The van der Waals surface area contributed by atoms with Crippen molar-refractivity contribution in [2.45, 2.75) is 38.8 Å². The van der Waals surface area contributed by atoms with Gasteiger partial charge in [-0.25, -0.2) is 9.59 Å². The Kier molecular flexibility index (Phi) is 4.90. The highest BCUT2D eigenvalue weighted by Gasteiger charge is 2.24. The third-order valence-electron chi connectivity index (χ3n) is 2.25. The van der Waals surface area contributed by atoms with Gasteiger partial charge in [-0.15, -0.1) is 0 Å². The Morgan fingerprint density at radius 3 is 2.55 bits per heavy atom. The van der Waals surface area contributed by atoms with E-state index in [1.165, 1.54) is 6.20 Å². The van der Waals surface area contributed by atoms with Crippen LogP contribution < -0.4 is 11.1 Å². The third-order valence-corrected chi connectivity index (χ3v) is 2.25. The normalized spacial score (nSPS) is 12.6. The van der Waals surface area contributed by atoms with Crippen LogP contribution in [0.1, 0.15) is 26.5 Å². The first-order valence-corrected chi connectivity index (χ1v) is 6.10. The van der Waals surface area contributed by atoms with E-state index in [0.29, 0.717) is 11.4 Å². The number of nitrogen functional groups attached to an aromatic ring is 1. The van der Waals surface area contributed by atoms with Gasteiger partial charge in [-0.1, -0.05) is 0 Å². The Hall–Kier alpha value is -2.31. The van der Waals surface area contributed by atoms with Crippen molar-refractivity contribution in [3.05, 3.63) is 24.0 Å². The summed E-state index contributed by atoms with van der Waals surface area (Å²) in [5.41, 5.74) is 5.81. The first-order valence-electron chi connectivity index (χ1n) is 6.10. The molecule has 1 aromatic rings.